The normalized spacial score (nSPS) is 11.4. The molecule has 0 saturated carbocycles. The van der Waals surface area contributed by atoms with E-state index in [-0.39, 0.29) is 5.56 Å². The molecule has 3 heterocycles. The van der Waals surface area contributed by atoms with Crippen LogP contribution in [0.5, 0.6) is 11.5 Å². The fourth-order valence-electron chi connectivity index (χ4n) is 2.69. The quantitative estimate of drug-likeness (QED) is 0.303. The predicted molar refractivity (Wildman–Crippen MR) is 99.5 cm³/mol. The lowest BCUT2D eigenvalue weighted by molar-refractivity contribution is 0.295. The van der Waals surface area contributed by atoms with E-state index in [0.29, 0.717) is 45.4 Å². The lowest BCUT2D eigenvalue weighted by atomic mass is 10.2. The van der Waals surface area contributed by atoms with Gasteiger partial charge < -0.3 is 9.47 Å². The van der Waals surface area contributed by atoms with Crippen molar-refractivity contribution >= 4 is 49.7 Å². The van der Waals surface area contributed by atoms with E-state index in [0.717, 1.165) is 11.8 Å². The summed E-state index contributed by atoms with van der Waals surface area (Å²) in [5.74, 6) is 1.68. The fraction of sp³-hybridized carbons (Fsp3) is 0.235. The minimum atomic E-state index is -0.121. The highest BCUT2D eigenvalue weighted by Gasteiger charge is 2.14. The van der Waals surface area contributed by atoms with Crippen molar-refractivity contribution in [3.8, 4) is 11.5 Å². The summed E-state index contributed by atoms with van der Waals surface area (Å²) >= 11 is 7.08. The van der Waals surface area contributed by atoms with Crippen molar-refractivity contribution in [3.63, 3.8) is 0 Å². The second-order valence-electron chi connectivity index (χ2n) is 5.40. The second kappa shape index (κ2) is 6.50. The molecule has 0 radical (unpaired) electrons. The number of hydrogen-bond donors (Lipinski definition) is 0. The van der Waals surface area contributed by atoms with Crippen LogP contribution in [0.2, 0.25) is 0 Å². The Labute approximate surface area is 151 Å². The van der Waals surface area contributed by atoms with Gasteiger partial charge in [-0.3, -0.25) is 4.79 Å². The number of rotatable bonds is 5. The van der Waals surface area contributed by atoms with Crippen LogP contribution in [0, 0.1) is 0 Å². The van der Waals surface area contributed by atoms with Crippen LogP contribution < -0.4 is 15.0 Å². The second-order valence-corrected chi connectivity index (χ2v) is 6.70. The Morgan fingerprint density at radius 1 is 1.28 bits per heavy atom. The molecule has 4 aromatic rings. The standard InChI is InChI=1S/C17H14ClN3O3S/c1-23-13-8-12-10(7-14(13)24-5-2-4-18)16-20-11-3-6-25-15(11)17(22)21(16)9-19-12/h3,6-9H,2,4-5H2,1H3. The summed E-state index contributed by atoms with van der Waals surface area (Å²) in [6.45, 7) is 0.478. The molecular formula is C17H14ClN3O3S. The van der Waals surface area contributed by atoms with Crippen LogP contribution in [-0.4, -0.2) is 34.0 Å². The van der Waals surface area contributed by atoms with Gasteiger partial charge in [-0.2, -0.15) is 0 Å². The summed E-state index contributed by atoms with van der Waals surface area (Å²) in [5.41, 5.74) is 1.79. The molecule has 25 heavy (non-hydrogen) atoms. The zero-order valence-electron chi connectivity index (χ0n) is 13.4. The van der Waals surface area contributed by atoms with Crippen LogP contribution in [0.4, 0.5) is 0 Å². The van der Waals surface area contributed by atoms with Crippen LogP contribution in [-0.2, 0) is 0 Å². The number of thiophene rings is 1. The number of methoxy groups -OCH3 is 1. The molecule has 0 bridgehead atoms. The van der Waals surface area contributed by atoms with E-state index >= 15 is 0 Å². The molecule has 0 aliphatic carbocycles. The van der Waals surface area contributed by atoms with Gasteiger partial charge in [0, 0.05) is 17.3 Å². The minimum absolute atomic E-state index is 0.121. The van der Waals surface area contributed by atoms with Gasteiger partial charge in [0.15, 0.2) is 17.1 Å². The first-order valence-corrected chi connectivity index (χ1v) is 9.09. The molecule has 4 rings (SSSR count). The first-order chi connectivity index (χ1) is 12.2. The maximum Gasteiger partial charge on any atom is 0.277 e. The van der Waals surface area contributed by atoms with E-state index in [1.54, 1.807) is 13.2 Å². The van der Waals surface area contributed by atoms with Crippen molar-refractivity contribution < 1.29 is 9.47 Å². The highest BCUT2D eigenvalue weighted by Crippen LogP contribution is 2.33. The van der Waals surface area contributed by atoms with Crippen molar-refractivity contribution in [2.75, 3.05) is 19.6 Å². The SMILES string of the molecule is COc1cc2ncn3c(=O)c4sccc4nc3c2cc1OCCCCl. The zero-order chi connectivity index (χ0) is 17.4. The number of aromatic nitrogens is 3. The number of halogens is 1. The summed E-state index contributed by atoms with van der Waals surface area (Å²) in [6.07, 6.45) is 2.23. The number of alkyl halides is 1. The van der Waals surface area contributed by atoms with Gasteiger partial charge in [-0.15, -0.1) is 22.9 Å². The van der Waals surface area contributed by atoms with Gasteiger partial charge in [-0.05, 0) is 23.9 Å². The van der Waals surface area contributed by atoms with Crippen LogP contribution in [0.25, 0.3) is 26.8 Å². The summed E-state index contributed by atoms with van der Waals surface area (Å²) < 4.78 is 13.3. The van der Waals surface area contributed by atoms with E-state index in [2.05, 4.69) is 9.97 Å². The van der Waals surface area contributed by atoms with Crippen molar-refractivity contribution in [2.45, 2.75) is 6.42 Å². The van der Waals surface area contributed by atoms with Gasteiger partial charge in [0.05, 0.1) is 24.8 Å². The molecule has 6 nitrogen and oxygen atoms in total. The first kappa shape index (κ1) is 16.1. The van der Waals surface area contributed by atoms with Gasteiger partial charge in [-0.1, -0.05) is 0 Å². The molecule has 0 saturated heterocycles. The van der Waals surface area contributed by atoms with E-state index in [1.165, 1.54) is 22.1 Å². The zero-order valence-corrected chi connectivity index (χ0v) is 14.9. The van der Waals surface area contributed by atoms with Crippen LogP contribution >= 0.6 is 22.9 Å². The van der Waals surface area contributed by atoms with Crippen molar-refractivity contribution in [1.82, 2.24) is 14.4 Å². The van der Waals surface area contributed by atoms with Gasteiger partial charge in [0.25, 0.3) is 5.56 Å². The molecule has 0 aliphatic rings. The molecule has 0 atom stereocenters. The number of hydrogen-bond acceptors (Lipinski definition) is 6. The molecule has 0 fully saturated rings. The lowest BCUT2D eigenvalue weighted by Gasteiger charge is -2.12. The van der Waals surface area contributed by atoms with Crippen LogP contribution in [0.3, 0.4) is 0 Å². The van der Waals surface area contributed by atoms with Gasteiger partial charge in [0.2, 0.25) is 0 Å². The molecule has 3 aromatic heterocycles. The fourth-order valence-corrected chi connectivity index (χ4v) is 3.56. The summed E-state index contributed by atoms with van der Waals surface area (Å²) in [5, 5.41) is 2.59. The average Bonchev–Trinajstić information content (AvgIpc) is 3.10. The average molecular weight is 376 g/mol. The Bertz CT molecular complexity index is 1140. The maximum atomic E-state index is 12.6. The van der Waals surface area contributed by atoms with Gasteiger partial charge in [-0.25, -0.2) is 14.4 Å². The predicted octanol–water partition coefficient (Wildman–Crippen LogP) is 3.47. The highest BCUT2D eigenvalue weighted by atomic mass is 35.5. The maximum absolute atomic E-state index is 12.6. The summed E-state index contributed by atoms with van der Waals surface area (Å²) in [4.78, 5) is 21.6. The van der Waals surface area contributed by atoms with E-state index in [9.17, 15) is 4.79 Å². The van der Waals surface area contributed by atoms with E-state index < -0.39 is 0 Å². The minimum Gasteiger partial charge on any atom is -0.493 e. The smallest absolute Gasteiger partial charge is 0.277 e. The van der Waals surface area contributed by atoms with Crippen LogP contribution in [0.1, 0.15) is 6.42 Å². The third-order valence-corrected chi connectivity index (χ3v) is 5.04. The number of nitrogens with zero attached hydrogens (tertiary/aromatic N) is 3. The first-order valence-electron chi connectivity index (χ1n) is 7.68. The monoisotopic (exact) mass is 375 g/mol. The van der Waals surface area contributed by atoms with Crippen molar-refractivity contribution in [2.24, 2.45) is 0 Å². The topological polar surface area (TPSA) is 65.7 Å². The Hall–Kier alpha value is -2.38. The van der Waals surface area contributed by atoms with Gasteiger partial charge >= 0.3 is 0 Å². The number of benzene rings is 1. The Morgan fingerprint density at radius 2 is 2.16 bits per heavy atom. The molecule has 128 valence electrons. The van der Waals surface area contributed by atoms with Gasteiger partial charge in [0.1, 0.15) is 11.0 Å². The molecule has 0 unspecified atom stereocenters. The molecule has 0 N–H and O–H groups in total. The molecule has 0 spiro atoms. The molecule has 0 aliphatic heterocycles. The van der Waals surface area contributed by atoms with Crippen molar-refractivity contribution in [1.29, 1.82) is 0 Å². The lowest BCUT2D eigenvalue weighted by Crippen LogP contribution is -2.14. The molecule has 1 aromatic carbocycles. The molecule has 8 heteroatoms. The summed E-state index contributed by atoms with van der Waals surface area (Å²) in [7, 11) is 1.58. The Kier molecular flexibility index (Phi) is 4.19. The molecule has 0 amide bonds. The Morgan fingerprint density at radius 3 is 2.96 bits per heavy atom. The third-order valence-electron chi connectivity index (χ3n) is 3.88. The van der Waals surface area contributed by atoms with E-state index in [4.69, 9.17) is 21.1 Å². The van der Waals surface area contributed by atoms with E-state index in [1.807, 2.05) is 17.5 Å². The molecular weight excluding hydrogens is 362 g/mol. The number of fused-ring (bicyclic) bond motifs is 4. The largest absolute Gasteiger partial charge is 0.493 e. The summed E-state index contributed by atoms with van der Waals surface area (Å²) in [6, 6.07) is 5.44. The van der Waals surface area contributed by atoms with Crippen LogP contribution in [0.15, 0.2) is 34.7 Å². The van der Waals surface area contributed by atoms with Crippen molar-refractivity contribution in [3.05, 3.63) is 40.3 Å². The Balaban J connectivity index is 2.00. The number of ether oxygens (including phenoxy) is 2. The third kappa shape index (κ3) is 2.69. The highest BCUT2D eigenvalue weighted by molar-refractivity contribution is 7.17.